The van der Waals surface area contributed by atoms with Gasteiger partial charge < -0.3 is 4.57 Å². The van der Waals surface area contributed by atoms with Crippen LogP contribution in [0.4, 0.5) is 0 Å². The van der Waals surface area contributed by atoms with Crippen molar-refractivity contribution in [3.63, 3.8) is 0 Å². The number of likely N-dealkylation sites (tertiary alicyclic amines) is 1. The number of nitrogens with zero attached hydrogens (tertiary/aromatic N) is 5. The zero-order valence-electron chi connectivity index (χ0n) is 13.5. The normalized spacial score (nSPS) is 14.6. The third-order valence-electron chi connectivity index (χ3n) is 3.80. The molecule has 0 radical (unpaired) electrons. The molecule has 0 spiro atoms. The van der Waals surface area contributed by atoms with E-state index in [1.54, 1.807) is 12.4 Å². The quantitative estimate of drug-likeness (QED) is 0.564. The first-order valence-corrected chi connectivity index (χ1v) is 8.99. The maximum absolute atomic E-state index is 11.6. The lowest BCUT2D eigenvalue weighted by Crippen LogP contribution is -2.31. The highest BCUT2D eigenvalue weighted by molar-refractivity contribution is 7.99. The van der Waals surface area contributed by atoms with Gasteiger partial charge in [0.1, 0.15) is 0 Å². The summed E-state index contributed by atoms with van der Waals surface area (Å²) < 4.78 is 2.08. The summed E-state index contributed by atoms with van der Waals surface area (Å²) in [6.45, 7) is 3.34. The molecule has 1 fully saturated rings. The second-order valence-corrected chi connectivity index (χ2v) is 6.54. The molecule has 2 aromatic rings. The molecule has 0 aromatic carbocycles. The third-order valence-corrected chi connectivity index (χ3v) is 4.75. The summed E-state index contributed by atoms with van der Waals surface area (Å²) in [6.07, 6.45) is 5.10. The second-order valence-electron chi connectivity index (χ2n) is 5.48. The van der Waals surface area contributed by atoms with Gasteiger partial charge in [-0.05, 0) is 18.6 Å². The molecular formula is C16H19N5O2S. The van der Waals surface area contributed by atoms with Crippen LogP contribution in [0.15, 0.2) is 29.7 Å². The summed E-state index contributed by atoms with van der Waals surface area (Å²) in [4.78, 5) is 28.7. The van der Waals surface area contributed by atoms with Gasteiger partial charge in [-0.25, -0.2) is 0 Å². The molecule has 0 aliphatic carbocycles. The lowest BCUT2D eigenvalue weighted by Gasteiger charge is -2.13. The van der Waals surface area contributed by atoms with Crippen molar-refractivity contribution in [3.8, 4) is 11.4 Å². The Hall–Kier alpha value is -2.22. The minimum Gasteiger partial charge on any atom is -0.302 e. The third kappa shape index (κ3) is 3.48. The Morgan fingerprint density at radius 2 is 1.79 bits per heavy atom. The van der Waals surface area contributed by atoms with Crippen LogP contribution in [0.2, 0.25) is 0 Å². The number of rotatable bonds is 7. The molecule has 8 heteroatoms. The standard InChI is InChI=1S/C16H19N5O2S/c1-2-9-21-15(12-5-7-17-8-6-12)18-19-16(21)24-11-10-20-13(22)3-4-14(20)23/h5-8H,2-4,9-11H2,1H3. The minimum atomic E-state index is -0.0758. The molecule has 0 unspecified atom stereocenters. The highest BCUT2D eigenvalue weighted by Gasteiger charge is 2.28. The van der Waals surface area contributed by atoms with Gasteiger partial charge in [0.2, 0.25) is 11.8 Å². The Morgan fingerprint density at radius 3 is 2.46 bits per heavy atom. The van der Waals surface area contributed by atoms with Crippen LogP contribution in [0, 0.1) is 0 Å². The Labute approximate surface area is 144 Å². The van der Waals surface area contributed by atoms with Gasteiger partial charge >= 0.3 is 0 Å². The Morgan fingerprint density at radius 1 is 1.08 bits per heavy atom. The predicted octanol–water partition coefficient (Wildman–Crippen LogP) is 1.99. The second kappa shape index (κ2) is 7.57. The Kier molecular flexibility index (Phi) is 5.24. The first-order chi connectivity index (χ1) is 11.7. The molecule has 2 amide bonds. The smallest absolute Gasteiger partial charge is 0.229 e. The Bertz CT molecular complexity index is 715. The average molecular weight is 345 g/mol. The van der Waals surface area contributed by atoms with Crippen molar-refractivity contribution in [1.82, 2.24) is 24.6 Å². The molecule has 0 bridgehead atoms. The van der Waals surface area contributed by atoms with Gasteiger partial charge in [-0.3, -0.25) is 19.5 Å². The van der Waals surface area contributed by atoms with Crippen LogP contribution in [0.3, 0.4) is 0 Å². The largest absolute Gasteiger partial charge is 0.302 e. The highest BCUT2D eigenvalue weighted by atomic mass is 32.2. The first kappa shape index (κ1) is 16.6. The van der Waals surface area contributed by atoms with Gasteiger partial charge in [0.15, 0.2) is 11.0 Å². The monoisotopic (exact) mass is 345 g/mol. The molecule has 3 rings (SSSR count). The van der Waals surface area contributed by atoms with Crippen molar-refractivity contribution in [3.05, 3.63) is 24.5 Å². The summed E-state index contributed by atoms with van der Waals surface area (Å²) >= 11 is 1.52. The van der Waals surface area contributed by atoms with E-state index in [4.69, 9.17) is 0 Å². The summed E-state index contributed by atoms with van der Waals surface area (Å²) in [5.41, 5.74) is 0.975. The van der Waals surface area contributed by atoms with Gasteiger partial charge in [-0.15, -0.1) is 10.2 Å². The van der Waals surface area contributed by atoms with E-state index in [1.807, 2.05) is 12.1 Å². The lowest BCUT2D eigenvalue weighted by molar-refractivity contribution is -0.137. The molecule has 7 nitrogen and oxygen atoms in total. The van der Waals surface area contributed by atoms with Crippen molar-refractivity contribution in [2.45, 2.75) is 37.9 Å². The maximum Gasteiger partial charge on any atom is 0.229 e. The predicted molar refractivity (Wildman–Crippen MR) is 90.2 cm³/mol. The van der Waals surface area contributed by atoms with E-state index in [-0.39, 0.29) is 11.8 Å². The van der Waals surface area contributed by atoms with Crippen molar-refractivity contribution >= 4 is 23.6 Å². The molecule has 0 N–H and O–H groups in total. The first-order valence-electron chi connectivity index (χ1n) is 8.00. The summed E-state index contributed by atoms with van der Waals surface area (Å²) in [6, 6.07) is 3.82. The van der Waals surface area contributed by atoms with E-state index in [2.05, 4.69) is 26.7 Å². The number of aromatic nitrogens is 4. The van der Waals surface area contributed by atoms with Gasteiger partial charge in [0.05, 0.1) is 0 Å². The van der Waals surface area contributed by atoms with E-state index in [0.29, 0.717) is 25.1 Å². The number of hydrogen-bond donors (Lipinski definition) is 0. The van der Waals surface area contributed by atoms with E-state index < -0.39 is 0 Å². The summed E-state index contributed by atoms with van der Waals surface area (Å²) in [7, 11) is 0. The van der Waals surface area contributed by atoms with Crippen LogP contribution < -0.4 is 0 Å². The van der Waals surface area contributed by atoms with Gasteiger partial charge in [0.25, 0.3) is 0 Å². The maximum atomic E-state index is 11.6. The van der Waals surface area contributed by atoms with E-state index in [9.17, 15) is 9.59 Å². The van der Waals surface area contributed by atoms with Gasteiger partial charge in [-0.2, -0.15) is 0 Å². The SMILES string of the molecule is CCCn1c(SCCN2C(=O)CCC2=O)nnc1-c1ccncc1. The number of pyridine rings is 1. The van der Waals surface area contributed by atoms with Crippen LogP contribution in [-0.4, -0.2) is 48.8 Å². The molecular weight excluding hydrogens is 326 g/mol. The van der Waals surface area contributed by atoms with Crippen LogP contribution in [-0.2, 0) is 16.1 Å². The fourth-order valence-corrected chi connectivity index (χ4v) is 3.52. The highest BCUT2D eigenvalue weighted by Crippen LogP contribution is 2.24. The number of carbonyl (C=O) groups excluding carboxylic acids is 2. The van der Waals surface area contributed by atoms with Crippen LogP contribution in [0.1, 0.15) is 26.2 Å². The van der Waals surface area contributed by atoms with Crippen molar-refractivity contribution < 1.29 is 9.59 Å². The molecule has 24 heavy (non-hydrogen) atoms. The van der Waals surface area contributed by atoms with Gasteiger partial charge in [0, 0.05) is 49.6 Å². The number of carbonyl (C=O) groups is 2. The number of hydrogen-bond acceptors (Lipinski definition) is 6. The number of amides is 2. The number of thioether (sulfide) groups is 1. The molecule has 0 atom stereocenters. The van der Waals surface area contributed by atoms with E-state index in [1.165, 1.54) is 16.7 Å². The Balaban J connectivity index is 1.70. The van der Waals surface area contributed by atoms with E-state index in [0.717, 1.165) is 29.5 Å². The van der Waals surface area contributed by atoms with Crippen molar-refractivity contribution in [2.24, 2.45) is 0 Å². The van der Waals surface area contributed by atoms with Crippen LogP contribution in [0.25, 0.3) is 11.4 Å². The fourth-order valence-electron chi connectivity index (χ4n) is 2.64. The molecule has 1 saturated heterocycles. The van der Waals surface area contributed by atoms with E-state index >= 15 is 0 Å². The lowest BCUT2D eigenvalue weighted by atomic mass is 10.2. The molecule has 0 saturated carbocycles. The molecule has 2 aromatic heterocycles. The van der Waals surface area contributed by atoms with Crippen LogP contribution >= 0.6 is 11.8 Å². The van der Waals surface area contributed by atoms with Crippen molar-refractivity contribution in [1.29, 1.82) is 0 Å². The topological polar surface area (TPSA) is 81.0 Å². The minimum absolute atomic E-state index is 0.0758. The molecule has 1 aliphatic rings. The molecule has 1 aliphatic heterocycles. The van der Waals surface area contributed by atoms with Crippen LogP contribution in [0.5, 0.6) is 0 Å². The number of imide groups is 1. The fraction of sp³-hybridized carbons (Fsp3) is 0.438. The molecule has 3 heterocycles. The average Bonchev–Trinajstić information content (AvgIpc) is 3.14. The zero-order chi connectivity index (χ0) is 16.9. The summed E-state index contributed by atoms with van der Waals surface area (Å²) in [5, 5.41) is 9.39. The molecule has 126 valence electrons. The van der Waals surface area contributed by atoms with Crippen molar-refractivity contribution in [2.75, 3.05) is 12.3 Å². The van der Waals surface area contributed by atoms with Gasteiger partial charge in [-0.1, -0.05) is 18.7 Å². The zero-order valence-corrected chi connectivity index (χ0v) is 14.3. The summed E-state index contributed by atoms with van der Waals surface area (Å²) in [5.74, 6) is 1.28.